The standard InChI is InChI=1S/C22H28O4Se/c1-14(2)17-11-10-15(3)18-12-20(23)22(13-19(17)18,21(24)26-4)27(25)16-8-6-5-7-9-16/h5-9,15,17-19H,1,10-13H2,2-4H3/t15-,17+,18+,19+,22?,27?/m1/s1. The van der Waals surface area contributed by atoms with E-state index in [2.05, 4.69) is 13.5 Å². The summed E-state index contributed by atoms with van der Waals surface area (Å²) in [5.41, 5.74) is 1.09. The number of fused-ring (bicyclic) bond motifs is 1. The Hall–Kier alpha value is -1.58. The molecule has 0 amide bonds. The van der Waals surface area contributed by atoms with Gasteiger partial charge in [-0.3, -0.25) is 0 Å². The van der Waals surface area contributed by atoms with Crippen molar-refractivity contribution in [1.29, 1.82) is 0 Å². The second kappa shape index (κ2) is 7.81. The predicted octanol–water partition coefficient (Wildman–Crippen LogP) is 3.45. The third kappa shape index (κ3) is 3.36. The average Bonchev–Trinajstić information content (AvgIpc) is 2.67. The number of carbonyl (C=O) groups excluding carboxylic acids is 2. The van der Waals surface area contributed by atoms with E-state index >= 15 is 0 Å². The van der Waals surface area contributed by atoms with E-state index in [1.165, 1.54) is 7.11 Å². The summed E-state index contributed by atoms with van der Waals surface area (Å²) >= 11 is -2.99. The van der Waals surface area contributed by atoms with Crippen LogP contribution in [0, 0.1) is 23.7 Å². The van der Waals surface area contributed by atoms with Crippen LogP contribution in [-0.4, -0.2) is 32.7 Å². The molecule has 0 spiro atoms. The summed E-state index contributed by atoms with van der Waals surface area (Å²) < 4.78 is 17.7. The van der Waals surface area contributed by atoms with Gasteiger partial charge < -0.3 is 0 Å². The van der Waals surface area contributed by atoms with Crippen molar-refractivity contribution in [2.45, 2.75) is 43.8 Å². The van der Waals surface area contributed by atoms with E-state index in [1.807, 2.05) is 13.0 Å². The summed E-state index contributed by atoms with van der Waals surface area (Å²) in [6.45, 7) is 8.37. The van der Waals surface area contributed by atoms with Gasteiger partial charge in [0.15, 0.2) is 0 Å². The molecule has 1 aromatic carbocycles. The molecule has 0 aromatic heterocycles. The van der Waals surface area contributed by atoms with Gasteiger partial charge in [0.1, 0.15) is 0 Å². The van der Waals surface area contributed by atoms with Crippen LogP contribution in [0.1, 0.15) is 39.5 Å². The number of ketones is 1. The zero-order valence-corrected chi connectivity index (χ0v) is 18.0. The van der Waals surface area contributed by atoms with Crippen LogP contribution in [0.3, 0.4) is 0 Å². The van der Waals surface area contributed by atoms with E-state index in [1.54, 1.807) is 24.3 Å². The van der Waals surface area contributed by atoms with Gasteiger partial charge in [-0.1, -0.05) is 0 Å². The van der Waals surface area contributed by atoms with E-state index in [0.29, 0.717) is 23.2 Å². The molecule has 3 rings (SSSR count). The molecule has 5 heteroatoms. The Bertz CT molecular complexity index is 772. The van der Waals surface area contributed by atoms with E-state index < -0.39 is 24.1 Å². The third-order valence-electron chi connectivity index (χ3n) is 6.55. The fourth-order valence-electron chi connectivity index (χ4n) is 5.04. The number of hydrogen-bond donors (Lipinski definition) is 0. The molecule has 146 valence electrons. The van der Waals surface area contributed by atoms with Gasteiger partial charge in [0.25, 0.3) is 0 Å². The van der Waals surface area contributed by atoms with Crippen LogP contribution < -0.4 is 4.46 Å². The first kappa shape index (κ1) is 20.2. The number of rotatable bonds is 4. The van der Waals surface area contributed by atoms with E-state index in [-0.39, 0.29) is 23.5 Å². The Kier molecular flexibility index (Phi) is 5.83. The molecule has 0 bridgehead atoms. The van der Waals surface area contributed by atoms with Crippen molar-refractivity contribution in [2.75, 3.05) is 7.11 Å². The van der Waals surface area contributed by atoms with Crippen LogP contribution in [0.2, 0.25) is 4.31 Å². The van der Waals surface area contributed by atoms with Gasteiger partial charge >= 0.3 is 165 Å². The van der Waals surface area contributed by atoms with Crippen molar-refractivity contribution in [3.05, 3.63) is 42.5 Å². The van der Waals surface area contributed by atoms with Gasteiger partial charge in [-0.15, -0.1) is 0 Å². The maximum absolute atomic E-state index is 13.6. The SMILES string of the molecule is C=C(C)[C@@H]1CC[C@@H](C)[C@@H]2CC(=O)C(C(=O)OC)([Se](=O)c3ccccc3)C[C@H]21. The van der Waals surface area contributed by atoms with Crippen LogP contribution in [0.5, 0.6) is 0 Å². The first-order chi connectivity index (χ1) is 12.8. The Morgan fingerprint density at radius 2 is 1.89 bits per heavy atom. The number of benzene rings is 1. The number of esters is 1. The third-order valence-corrected chi connectivity index (χ3v) is 10.5. The van der Waals surface area contributed by atoms with E-state index in [9.17, 15) is 13.4 Å². The number of carbonyl (C=O) groups is 2. The van der Waals surface area contributed by atoms with Crippen LogP contribution in [-0.2, 0) is 18.2 Å². The van der Waals surface area contributed by atoms with Crippen molar-refractivity contribution in [2.24, 2.45) is 23.7 Å². The molecule has 1 aromatic rings. The Morgan fingerprint density at radius 3 is 2.48 bits per heavy atom. The molecule has 0 N–H and O–H groups in total. The van der Waals surface area contributed by atoms with Crippen LogP contribution in [0.4, 0.5) is 0 Å². The fraction of sp³-hybridized carbons (Fsp3) is 0.545. The number of methoxy groups -OCH3 is 1. The zero-order chi connectivity index (χ0) is 19.8. The second-order valence-electron chi connectivity index (χ2n) is 8.07. The van der Waals surface area contributed by atoms with E-state index in [4.69, 9.17) is 4.74 Å². The number of hydrogen-bond acceptors (Lipinski definition) is 4. The molecule has 4 nitrogen and oxygen atoms in total. The molecule has 0 saturated heterocycles. The summed E-state index contributed by atoms with van der Waals surface area (Å²) in [6.07, 6.45) is 2.69. The van der Waals surface area contributed by atoms with Crippen molar-refractivity contribution in [3.8, 4) is 0 Å². The Balaban J connectivity index is 2.08. The molecule has 2 unspecified atom stereocenters. The molecular formula is C22H28O4Se. The summed E-state index contributed by atoms with van der Waals surface area (Å²) in [5.74, 6) is 0.222. The van der Waals surface area contributed by atoms with E-state index in [0.717, 1.165) is 18.4 Å². The van der Waals surface area contributed by atoms with Crippen LogP contribution in [0.25, 0.3) is 0 Å². The topological polar surface area (TPSA) is 60.4 Å². The first-order valence-electron chi connectivity index (χ1n) is 9.57. The van der Waals surface area contributed by atoms with Gasteiger partial charge in [-0.05, 0) is 0 Å². The van der Waals surface area contributed by atoms with Gasteiger partial charge in [0.2, 0.25) is 0 Å². The predicted molar refractivity (Wildman–Crippen MR) is 105 cm³/mol. The average molecular weight is 435 g/mol. The quantitative estimate of drug-likeness (QED) is 0.315. The molecule has 2 aliphatic rings. The molecule has 0 aliphatic heterocycles. The minimum absolute atomic E-state index is 0.145. The molecule has 27 heavy (non-hydrogen) atoms. The number of ether oxygens (including phenoxy) is 1. The molecule has 2 saturated carbocycles. The Morgan fingerprint density at radius 1 is 1.22 bits per heavy atom. The monoisotopic (exact) mass is 436 g/mol. The minimum atomic E-state index is -2.99. The van der Waals surface area contributed by atoms with Gasteiger partial charge in [-0.25, -0.2) is 0 Å². The van der Waals surface area contributed by atoms with Gasteiger partial charge in [-0.2, -0.15) is 0 Å². The molecule has 2 aliphatic carbocycles. The summed E-state index contributed by atoms with van der Waals surface area (Å²) in [7, 11) is 1.28. The normalized spacial score (nSPS) is 34.4. The van der Waals surface area contributed by atoms with Crippen molar-refractivity contribution in [3.63, 3.8) is 0 Å². The van der Waals surface area contributed by atoms with Crippen LogP contribution in [0.15, 0.2) is 42.5 Å². The van der Waals surface area contributed by atoms with Gasteiger partial charge in [0, 0.05) is 0 Å². The van der Waals surface area contributed by atoms with Crippen LogP contribution >= 0.6 is 0 Å². The first-order valence-corrected chi connectivity index (χ1v) is 12.0. The molecule has 2 fully saturated rings. The molecule has 0 heterocycles. The number of allylic oxidation sites excluding steroid dienone is 1. The van der Waals surface area contributed by atoms with Crippen molar-refractivity contribution in [1.82, 2.24) is 0 Å². The van der Waals surface area contributed by atoms with Gasteiger partial charge in [0.05, 0.1) is 0 Å². The van der Waals surface area contributed by atoms with Crippen molar-refractivity contribution < 1.29 is 18.2 Å². The zero-order valence-electron chi connectivity index (χ0n) is 16.3. The summed E-state index contributed by atoms with van der Waals surface area (Å²) in [5, 5.41) is 0. The second-order valence-corrected chi connectivity index (χ2v) is 11.6. The Labute approximate surface area is 165 Å². The van der Waals surface area contributed by atoms with Crippen molar-refractivity contribution >= 4 is 30.0 Å². The number of Topliss-reactive ketones (excluding diaryl/α,β-unsaturated/α-hetero) is 1. The molecule has 0 radical (unpaired) electrons. The maximum atomic E-state index is 13.6. The molecule has 6 atom stereocenters. The summed E-state index contributed by atoms with van der Waals surface area (Å²) in [4.78, 5) is 26.2. The summed E-state index contributed by atoms with van der Waals surface area (Å²) in [6, 6.07) is 8.93. The fourth-order valence-corrected chi connectivity index (χ4v) is 8.55. The molecular weight excluding hydrogens is 407 g/mol.